The van der Waals surface area contributed by atoms with Crippen LogP contribution in [0, 0.1) is 6.92 Å². The third-order valence-electron chi connectivity index (χ3n) is 1.80. The zero-order valence-corrected chi connectivity index (χ0v) is 8.84. The molecular formula is C11H15ClO. The molecule has 1 nitrogen and oxygen atoms in total. The molecule has 0 bridgehead atoms. The Morgan fingerprint density at radius 2 is 1.92 bits per heavy atom. The molecule has 2 heteroatoms. The maximum Gasteiger partial charge on any atom is 0.172 e. The monoisotopic (exact) mass is 198 g/mol. The van der Waals surface area contributed by atoms with Gasteiger partial charge in [-0.25, -0.2) is 0 Å². The fourth-order valence-corrected chi connectivity index (χ4v) is 1.37. The summed E-state index contributed by atoms with van der Waals surface area (Å²) in [6.45, 7) is 4.14. The highest BCUT2D eigenvalue weighted by atomic mass is 35.5. The Hall–Kier alpha value is -0.690. The second kappa shape index (κ2) is 5.13. The van der Waals surface area contributed by atoms with Crippen LogP contribution in [0.3, 0.4) is 0 Å². The highest BCUT2D eigenvalue weighted by molar-refractivity contribution is 6.19. The van der Waals surface area contributed by atoms with Crippen LogP contribution in [0.2, 0.25) is 0 Å². The van der Waals surface area contributed by atoms with Crippen LogP contribution in [0.4, 0.5) is 0 Å². The standard InChI is InChI=1S/C11H15ClO/c1-3-4-11(12)13-10-7-5-9(2)6-8-10/h5-8,11H,3-4H2,1-2H3. The minimum Gasteiger partial charge on any atom is -0.475 e. The number of halogens is 1. The lowest BCUT2D eigenvalue weighted by Gasteiger charge is -2.11. The predicted octanol–water partition coefficient (Wildman–Crippen LogP) is 3.74. The fraction of sp³-hybridized carbons (Fsp3) is 0.455. The average Bonchev–Trinajstić information content (AvgIpc) is 2.09. The van der Waals surface area contributed by atoms with Gasteiger partial charge in [-0.15, -0.1) is 0 Å². The fourth-order valence-electron chi connectivity index (χ4n) is 1.05. The molecule has 0 aromatic heterocycles. The zero-order chi connectivity index (χ0) is 9.68. The number of hydrogen-bond donors (Lipinski definition) is 0. The summed E-state index contributed by atoms with van der Waals surface area (Å²) in [5.41, 5.74) is 1.03. The van der Waals surface area contributed by atoms with E-state index in [1.165, 1.54) is 5.56 Å². The maximum absolute atomic E-state index is 5.93. The first kappa shape index (κ1) is 10.4. The highest BCUT2D eigenvalue weighted by Crippen LogP contribution is 2.16. The molecule has 13 heavy (non-hydrogen) atoms. The Bertz CT molecular complexity index is 243. The number of ether oxygens (including phenoxy) is 1. The molecule has 0 aliphatic heterocycles. The van der Waals surface area contributed by atoms with Gasteiger partial charge in [0.2, 0.25) is 0 Å². The summed E-state index contributed by atoms with van der Waals surface area (Å²) in [6, 6.07) is 7.93. The Morgan fingerprint density at radius 1 is 1.31 bits per heavy atom. The molecule has 0 aliphatic rings. The van der Waals surface area contributed by atoms with E-state index >= 15 is 0 Å². The highest BCUT2D eigenvalue weighted by Gasteiger charge is 2.03. The molecule has 0 heterocycles. The second-order valence-electron chi connectivity index (χ2n) is 3.13. The van der Waals surface area contributed by atoms with Gasteiger partial charge >= 0.3 is 0 Å². The molecule has 1 atom stereocenters. The Balaban J connectivity index is 2.49. The molecule has 72 valence electrons. The average molecular weight is 199 g/mol. The quantitative estimate of drug-likeness (QED) is 0.670. The lowest BCUT2D eigenvalue weighted by atomic mass is 10.2. The first-order valence-electron chi connectivity index (χ1n) is 4.59. The smallest absolute Gasteiger partial charge is 0.172 e. The van der Waals surface area contributed by atoms with Crippen LogP contribution >= 0.6 is 11.6 Å². The molecule has 0 fully saturated rings. The van der Waals surface area contributed by atoms with Crippen LogP contribution < -0.4 is 4.74 Å². The van der Waals surface area contributed by atoms with Crippen molar-refractivity contribution in [2.75, 3.05) is 0 Å². The minimum atomic E-state index is -0.201. The van der Waals surface area contributed by atoms with E-state index in [2.05, 4.69) is 6.92 Å². The third-order valence-corrected chi connectivity index (χ3v) is 2.11. The van der Waals surface area contributed by atoms with Gasteiger partial charge < -0.3 is 4.74 Å². The van der Waals surface area contributed by atoms with Crippen molar-refractivity contribution in [3.05, 3.63) is 29.8 Å². The number of rotatable bonds is 4. The van der Waals surface area contributed by atoms with Gasteiger partial charge in [-0.2, -0.15) is 0 Å². The minimum absolute atomic E-state index is 0.201. The molecule has 1 aromatic rings. The van der Waals surface area contributed by atoms with Gasteiger partial charge in [0.25, 0.3) is 0 Å². The van der Waals surface area contributed by atoms with E-state index < -0.39 is 0 Å². The Morgan fingerprint density at radius 3 is 2.46 bits per heavy atom. The van der Waals surface area contributed by atoms with Crippen LogP contribution in [0.1, 0.15) is 25.3 Å². The van der Waals surface area contributed by atoms with Gasteiger partial charge in [0.1, 0.15) is 5.75 Å². The first-order chi connectivity index (χ1) is 6.22. The number of aryl methyl sites for hydroxylation is 1. The van der Waals surface area contributed by atoms with Gasteiger partial charge in [-0.05, 0) is 25.5 Å². The van der Waals surface area contributed by atoms with Gasteiger partial charge in [-0.3, -0.25) is 0 Å². The molecule has 0 spiro atoms. The van der Waals surface area contributed by atoms with E-state index in [0.29, 0.717) is 0 Å². The molecule has 0 amide bonds. The van der Waals surface area contributed by atoms with E-state index in [4.69, 9.17) is 16.3 Å². The van der Waals surface area contributed by atoms with Crippen molar-refractivity contribution >= 4 is 11.6 Å². The van der Waals surface area contributed by atoms with Gasteiger partial charge in [0, 0.05) is 0 Å². The van der Waals surface area contributed by atoms with Crippen molar-refractivity contribution in [2.24, 2.45) is 0 Å². The molecular weight excluding hydrogens is 184 g/mol. The largest absolute Gasteiger partial charge is 0.475 e. The predicted molar refractivity (Wildman–Crippen MR) is 56.4 cm³/mol. The van der Waals surface area contributed by atoms with Gasteiger partial charge in [-0.1, -0.05) is 42.6 Å². The van der Waals surface area contributed by atoms with E-state index in [0.717, 1.165) is 18.6 Å². The van der Waals surface area contributed by atoms with E-state index in [1.807, 2.05) is 31.2 Å². The first-order valence-corrected chi connectivity index (χ1v) is 5.03. The van der Waals surface area contributed by atoms with Crippen LogP contribution in [-0.2, 0) is 0 Å². The van der Waals surface area contributed by atoms with Crippen molar-refractivity contribution < 1.29 is 4.74 Å². The summed E-state index contributed by atoms with van der Waals surface area (Å²) in [5, 5.41) is 0. The summed E-state index contributed by atoms with van der Waals surface area (Å²) in [6.07, 6.45) is 1.93. The van der Waals surface area contributed by atoms with Crippen LogP contribution in [0.5, 0.6) is 5.75 Å². The zero-order valence-electron chi connectivity index (χ0n) is 8.09. The third kappa shape index (κ3) is 3.69. The summed E-state index contributed by atoms with van der Waals surface area (Å²) in [7, 11) is 0. The molecule has 0 N–H and O–H groups in total. The van der Waals surface area contributed by atoms with Crippen molar-refractivity contribution in [3.63, 3.8) is 0 Å². The van der Waals surface area contributed by atoms with Crippen molar-refractivity contribution in [3.8, 4) is 5.75 Å². The molecule has 1 unspecified atom stereocenters. The summed E-state index contributed by atoms with van der Waals surface area (Å²) in [5.74, 6) is 0.846. The maximum atomic E-state index is 5.93. The van der Waals surface area contributed by atoms with Crippen molar-refractivity contribution in [1.29, 1.82) is 0 Å². The number of hydrogen-bond acceptors (Lipinski definition) is 1. The molecule has 0 saturated heterocycles. The van der Waals surface area contributed by atoms with E-state index in [9.17, 15) is 0 Å². The summed E-state index contributed by atoms with van der Waals surface area (Å²) in [4.78, 5) is 0. The Labute approximate surface area is 84.7 Å². The second-order valence-corrected chi connectivity index (χ2v) is 3.62. The SMILES string of the molecule is CCCC(Cl)Oc1ccc(C)cc1. The van der Waals surface area contributed by atoms with Crippen molar-refractivity contribution in [2.45, 2.75) is 32.3 Å². The van der Waals surface area contributed by atoms with E-state index in [1.54, 1.807) is 0 Å². The number of alkyl halides is 1. The normalized spacial score (nSPS) is 12.5. The molecule has 0 radical (unpaired) electrons. The summed E-state index contributed by atoms with van der Waals surface area (Å²) >= 11 is 5.93. The topological polar surface area (TPSA) is 9.23 Å². The molecule has 0 saturated carbocycles. The Kier molecular flexibility index (Phi) is 4.10. The summed E-state index contributed by atoms with van der Waals surface area (Å²) < 4.78 is 5.48. The van der Waals surface area contributed by atoms with Crippen molar-refractivity contribution in [1.82, 2.24) is 0 Å². The van der Waals surface area contributed by atoms with Crippen LogP contribution in [0.15, 0.2) is 24.3 Å². The molecule has 0 aliphatic carbocycles. The van der Waals surface area contributed by atoms with E-state index in [-0.39, 0.29) is 5.56 Å². The van der Waals surface area contributed by atoms with Crippen LogP contribution in [-0.4, -0.2) is 5.56 Å². The lowest BCUT2D eigenvalue weighted by molar-refractivity contribution is 0.269. The molecule has 1 aromatic carbocycles. The molecule has 1 rings (SSSR count). The van der Waals surface area contributed by atoms with Gasteiger partial charge in [0.15, 0.2) is 5.56 Å². The number of benzene rings is 1. The lowest BCUT2D eigenvalue weighted by Crippen LogP contribution is -2.07. The van der Waals surface area contributed by atoms with Gasteiger partial charge in [0.05, 0.1) is 0 Å². The van der Waals surface area contributed by atoms with Crippen LogP contribution in [0.25, 0.3) is 0 Å².